The molecule has 0 radical (unpaired) electrons. The number of aryl methyl sites for hydroxylation is 2. The van der Waals surface area contributed by atoms with E-state index in [4.69, 9.17) is 11.6 Å². The summed E-state index contributed by atoms with van der Waals surface area (Å²) >= 11 is 6.11. The summed E-state index contributed by atoms with van der Waals surface area (Å²) in [6.45, 7) is 7.20. The first-order valence-corrected chi connectivity index (χ1v) is 7.68. The van der Waals surface area contributed by atoms with Crippen LogP contribution < -0.4 is 5.32 Å². The summed E-state index contributed by atoms with van der Waals surface area (Å²) in [6, 6.07) is 0. The number of anilines is 1. The maximum Gasteiger partial charge on any atom is 0.171 e. The first-order chi connectivity index (χ1) is 9.06. The lowest BCUT2D eigenvalue weighted by molar-refractivity contribution is 0.282. The predicted octanol–water partition coefficient (Wildman–Crippen LogP) is 4.38. The molecule has 1 heterocycles. The lowest BCUT2D eigenvalue weighted by Gasteiger charge is -2.26. The van der Waals surface area contributed by atoms with Gasteiger partial charge in [0.15, 0.2) is 11.0 Å². The van der Waals surface area contributed by atoms with E-state index in [9.17, 15) is 0 Å². The molecule has 0 amide bonds. The summed E-state index contributed by atoms with van der Waals surface area (Å²) in [6.07, 6.45) is 6.71. The second-order valence-electron chi connectivity index (χ2n) is 5.88. The number of aromatic nitrogens is 2. The van der Waals surface area contributed by atoms with Crippen LogP contribution in [0.25, 0.3) is 0 Å². The maximum absolute atomic E-state index is 6.11. The fourth-order valence-corrected chi connectivity index (χ4v) is 2.94. The van der Waals surface area contributed by atoms with Gasteiger partial charge in [0.25, 0.3) is 0 Å². The van der Waals surface area contributed by atoms with Crippen molar-refractivity contribution in [2.24, 2.45) is 11.8 Å². The minimum atomic E-state index is 0.486. The molecule has 106 valence electrons. The second kappa shape index (κ2) is 6.56. The number of rotatable bonds is 4. The van der Waals surface area contributed by atoms with Crippen LogP contribution in [0.1, 0.15) is 50.4 Å². The smallest absolute Gasteiger partial charge is 0.171 e. The van der Waals surface area contributed by atoms with Crippen LogP contribution in [0, 0.1) is 25.7 Å². The van der Waals surface area contributed by atoms with Crippen LogP contribution in [-0.4, -0.2) is 16.5 Å². The normalized spacial score (nSPS) is 23.4. The molecule has 1 aromatic heterocycles. The molecule has 3 nitrogen and oxygen atoms in total. The Bertz CT molecular complexity index is 426. The number of nitrogens with one attached hydrogen (secondary N) is 1. The van der Waals surface area contributed by atoms with Crippen molar-refractivity contribution in [3.05, 3.63) is 16.5 Å². The van der Waals surface area contributed by atoms with Crippen molar-refractivity contribution in [1.82, 2.24) is 9.97 Å². The Morgan fingerprint density at radius 1 is 1.11 bits per heavy atom. The molecule has 0 aliphatic heterocycles. The van der Waals surface area contributed by atoms with Crippen LogP contribution in [0.3, 0.4) is 0 Å². The highest BCUT2D eigenvalue weighted by atomic mass is 35.5. The van der Waals surface area contributed by atoms with Gasteiger partial charge in [-0.25, -0.2) is 9.97 Å². The zero-order valence-electron chi connectivity index (χ0n) is 12.2. The summed E-state index contributed by atoms with van der Waals surface area (Å²) in [5.41, 5.74) is 1.84. The highest BCUT2D eigenvalue weighted by Crippen LogP contribution is 2.30. The van der Waals surface area contributed by atoms with E-state index in [0.717, 1.165) is 35.6 Å². The van der Waals surface area contributed by atoms with Gasteiger partial charge in [-0.2, -0.15) is 0 Å². The molecule has 4 heteroatoms. The summed E-state index contributed by atoms with van der Waals surface area (Å²) in [7, 11) is 0. The van der Waals surface area contributed by atoms with Gasteiger partial charge in [-0.1, -0.05) is 44.2 Å². The third-order valence-electron chi connectivity index (χ3n) is 4.24. The Morgan fingerprint density at radius 3 is 2.42 bits per heavy atom. The van der Waals surface area contributed by atoms with E-state index in [1.807, 2.05) is 13.8 Å². The third-order valence-corrected chi connectivity index (χ3v) is 4.51. The molecule has 0 spiro atoms. The minimum Gasteiger partial charge on any atom is -0.367 e. The molecule has 2 rings (SSSR count). The minimum absolute atomic E-state index is 0.486. The number of halogens is 1. The van der Waals surface area contributed by atoms with Gasteiger partial charge in [0.05, 0.1) is 11.4 Å². The van der Waals surface area contributed by atoms with E-state index in [0.29, 0.717) is 5.15 Å². The van der Waals surface area contributed by atoms with Crippen molar-refractivity contribution in [2.75, 3.05) is 11.9 Å². The SMILES string of the molecule is Cc1nc(Cl)c(NCCC2CCC(C)CC2)nc1C. The van der Waals surface area contributed by atoms with Crippen LogP contribution in [-0.2, 0) is 0 Å². The first-order valence-electron chi connectivity index (χ1n) is 7.31. The van der Waals surface area contributed by atoms with Crippen LogP contribution >= 0.6 is 11.6 Å². The fourth-order valence-electron chi connectivity index (χ4n) is 2.70. The van der Waals surface area contributed by atoms with Gasteiger partial charge in [0.1, 0.15) is 0 Å². The molecule has 0 bridgehead atoms. The monoisotopic (exact) mass is 281 g/mol. The molecule has 1 aromatic rings. The molecule has 0 unspecified atom stereocenters. The Kier molecular flexibility index (Phi) is 5.03. The van der Waals surface area contributed by atoms with Crippen molar-refractivity contribution >= 4 is 17.4 Å². The second-order valence-corrected chi connectivity index (χ2v) is 6.23. The molecule has 1 aliphatic rings. The quantitative estimate of drug-likeness (QED) is 0.890. The molecular weight excluding hydrogens is 258 g/mol. The molecule has 0 aromatic carbocycles. The maximum atomic E-state index is 6.11. The highest BCUT2D eigenvalue weighted by Gasteiger charge is 2.17. The van der Waals surface area contributed by atoms with Gasteiger partial charge < -0.3 is 5.32 Å². The van der Waals surface area contributed by atoms with Crippen molar-refractivity contribution in [2.45, 2.75) is 52.9 Å². The van der Waals surface area contributed by atoms with Gasteiger partial charge >= 0.3 is 0 Å². The van der Waals surface area contributed by atoms with E-state index in [2.05, 4.69) is 22.2 Å². The molecule has 1 N–H and O–H groups in total. The van der Waals surface area contributed by atoms with Gasteiger partial charge in [0, 0.05) is 6.54 Å². The van der Waals surface area contributed by atoms with Crippen molar-refractivity contribution in [3.63, 3.8) is 0 Å². The predicted molar refractivity (Wildman–Crippen MR) is 80.7 cm³/mol. The van der Waals surface area contributed by atoms with Crippen LogP contribution in [0.15, 0.2) is 0 Å². The molecule has 1 saturated carbocycles. The van der Waals surface area contributed by atoms with E-state index in [1.54, 1.807) is 0 Å². The average molecular weight is 282 g/mol. The average Bonchev–Trinajstić information content (AvgIpc) is 2.38. The van der Waals surface area contributed by atoms with Gasteiger partial charge in [-0.05, 0) is 32.1 Å². The number of hydrogen-bond donors (Lipinski definition) is 1. The lowest BCUT2D eigenvalue weighted by Crippen LogP contribution is -2.16. The first kappa shape index (κ1) is 14.6. The van der Waals surface area contributed by atoms with E-state index < -0.39 is 0 Å². The highest BCUT2D eigenvalue weighted by molar-refractivity contribution is 6.31. The van der Waals surface area contributed by atoms with E-state index in [1.165, 1.54) is 32.1 Å². The van der Waals surface area contributed by atoms with Crippen LogP contribution in [0.2, 0.25) is 5.15 Å². The lowest BCUT2D eigenvalue weighted by atomic mass is 9.81. The van der Waals surface area contributed by atoms with Crippen molar-refractivity contribution in [1.29, 1.82) is 0 Å². The standard InChI is InChI=1S/C15H24ClN3/c1-10-4-6-13(7-5-10)8-9-17-15-14(16)18-11(2)12(3)19-15/h10,13H,4-9H2,1-3H3,(H,17,19). The van der Waals surface area contributed by atoms with Crippen LogP contribution in [0.4, 0.5) is 5.82 Å². The summed E-state index contributed by atoms with van der Waals surface area (Å²) in [4.78, 5) is 8.75. The number of nitrogens with zero attached hydrogens (tertiary/aromatic N) is 2. The largest absolute Gasteiger partial charge is 0.367 e. The van der Waals surface area contributed by atoms with E-state index in [-0.39, 0.29) is 0 Å². The Hall–Kier alpha value is -0.830. The summed E-state index contributed by atoms with van der Waals surface area (Å²) < 4.78 is 0. The van der Waals surface area contributed by atoms with Crippen molar-refractivity contribution < 1.29 is 0 Å². The fraction of sp³-hybridized carbons (Fsp3) is 0.733. The topological polar surface area (TPSA) is 37.8 Å². The van der Waals surface area contributed by atoms with Crippen molar-refractivity contribution in [3.8, 4) is 0 Å². The molecule has 0 atom stereocenters. The third kappa shape index (κ3) is 4.07. The zero-order valence-corrected chi connectivity index (χ0v) is 12.9. The summed E-state index contributed by atoms with van der Waals surface area (Å²) in [5, 5.41) is 3.82. The molecule has 0 saturated heterocycles. The Balaban J connectivity index is 1.81. The molecule has 19 heavy (non-hydrogen) atoms. The Morgan fingerprint density at radius 2 is 1.74 bits per heavy atom. The van der Waals surface area contributed by atoms with E-state index >= 15 is 0 Å². The molecule has 1 aliphatic carbocycles. The molecular formula is C15H24ClN3. The van der Waals surface area contributed by atoms with Gasteiger partial charge in [0.2, 0.25) is 0 Å². The van der Waals surface area contributed by atoms with Crippen LogP contribution in [0.5, 0.6) is 0 Å². The van der Waals surface area contributed by atoms with Gasteiger partial charge in [-0.15, -0.1) is 0 Å². The summed E-state index contributed by atoms with van der Waals surface area (Å²) in [5.74, 6) is 2.51. The number of hydrogen-bond acceptors (Lipinski definition) is 3. The van der Waals surface area contributed by atoms with Gasteiger partial charge in [-0.3, -0.25) is 0 Å². The molecule has 1 fully saturated rings. The zero-order chi connectivity index (χ0) is 13.8. The Labute approximate surface area is 121 Å².